The minimum absolute atomic E-state index is 0. The number of rotatable bonds is 4. The normalized spacial score (nSPS) is 13.1. The summed E-state index contributed by atoms with van der Waals surface area (Å²) in [5.74, 6) is 0.802. The third-order valence-electron chi connectivity index (χ3n) is 6.14. The first-order chi connectivity index (χ1) is 18.8. The van der Waals surface area contributed by atoms with E-state index in [1.807, 2.05) is 23.6 Å². The number of halogens is 4. The van der Waals surface area contributed by atoms with Crippen molar-refractivity contribution < 1.29 is 18.0 Å². The molecule has 0 atom stereocenters. The molecule has 0 bridgehead atoms. The maximum Gasteiger partial charge on any atom is 0.416 e. The number of alkyl halides is 3. The van der Waals surface area contributed by atoms with Gasteiger partial charge in [-0.05, 0) is 48.4 Å². The number of aromatic nitrogens is 6. The van der Waals surface area contributed by atoms with E-state index in [2.05, 4.69) is 40.8 Å². The van der Waals surface area contributed by atoms with E-state index in [4.69, 9.17) is 0 Å². The van der Waals surface area contributed by atoms with Gasteiger partial charge in [0.2, 0.25) is 5.13 Å². The second-order valence-electron chi connectivity index (χ2n) is 8.68. The van der Waals surface area contributed by atoms with Gasteiger partial charge in [0.1, 0.15) is 22.8 Å². The van der Waals surface area contributed by atoms with E-state index in [-0.39, 0.29) is 23.7 Å². The fraction of sp³-hybridized carbons (Fsp3) is 0.160. The Balaban J connectivity index is 0.00000323. The molecule has 0 unspecified atom stereocenters. The molecule has 6 rings (SSSR count). The molecular formula is C25H19ClF3N9OS. The molecule has 1 amide bonds. The van der Waals surface area contributed by atoms with Crippen LogP contribution in [0.4, 0.5) is 29.8 Å². The first kappa shape index (κ1) is 27.1. The van der Waals surface area contributed by atoms with Gasteiger partial charge in [-0.3, -0.25) is 9.78 Å². The van der Waals surface area contributed by atoms with Crippen LogP contribution in [0.3, 0.4) is 0 Å². The summed E-state index contributed by atoms with van der Waals surface area (Å²) in [5.41, 5.74) is 4.41. The predicted molar refractivity (Wildman–Crippen MR) is 145 cm³/mol. The van der Waals surface area contributed by atoms with Crippen LogP contribution in [0.1, 0.15) is 21.6 Å². The lowest BCUT2D eigenvalue weighted by Crippen LogP contribution is -2.17. The molecule has 5 heterocycles. The summed E-state index contributed by atoms with van der Waals surface area (Å²) >= 11 is 1.28. The van der Waals surface area contributed by atoms with E-state index in [9.17, 15) is 18.0 Å². The van der Waals surface area contributed by atoms with Gasteiger partial charge in [0.25, 0.3) is 11.5 Å². The summed E-state index contributed by atoms with van der Waals surface area (Å²) in [6.45, 7) is 3.30. The molecule has 0 radical (unpaired) electrons. The number of amides is 1. The maximum atomic E-state index is 13.1. The number of benzene rings is 1. The molecule has 3 aromatic rings. The van der Waals surface area contributed by atoms with Gasteiger partial charge in [0.15, 0.2) is 0 Å². The number of pyridine rings is 2. The largest absolute Gasteiger partial charge is 0.416 e. The van der Waals surface area contributed by atoms with Crippen LogP contribution in [0, 0.1) is 6.92 Å². The summed E-state index contributed by atoms with van der Waals surface area (Å²) in [5, 5.41) is 14.2. The zero-order valence-corrected chi connectivity index (χ0v) is 22.2. The number of anilines is 2. The summed E-state index contributed by atoms with van der Waals surface area (Å²) in [7, 11) is 0. The molecule has 0 saturated heterocycles. The summed E-state index contributed by atoms with van der Waals surface area (Å²) in [4.78, 5) is 29.9. The average molecular weight is 586 g/mol. The van der Waals surface area contributed by atoms with Gasteiger partial charge < -0.3 is 15.2 Å². The molecule has 0 aliphatic carbocycles. The van der Waals surface area contributed by atoms with Crippen molar-refractivity contribution in [2.24, 2.45) is 4.99 Å². The highest BCUT2D eigenvalue weighted by Gasteiger charge is 2.31. The van der Waals surface area contributed by atoms with E-state index in [0.717, 1.165) is 46.4 Å². The zero-order chi connectivity index (χ0) is 27.1. The van der Waals surface area contributed by atoms with Crippen LogP contribution in [0.15, 0.2) is 59.3 Å². The highest BCUT2D eigenvalue weighted by Crippen LogP contribution is 2.39. The summed E-state index contributed by atoms with van der Waals surface area (Å²) < 4.78 is 41.3. The highest BCUT2D eigenvalue weighted by atomic mass is 35.5. The fourth-order valence-electron chi connectivity index (χ4n) is 4.34. The molecule has 1 aromatic carbocycles. The Morgan fingerprint density at radius 1 is 1.15 bits per heavy atom. The molecule has 0 fully saturated rings. The number of hydrogen-bond donors (Lipinski definition) is 2. The van der Waals surface area contributed by atoms with Gasteiger partial charge in [0.05, 0.1) is 5.56 Å². The quantitative estimate of drug-likeness (QED) is 0.306. The molecule has 0 saturated carbocycles. The number of carbonyl (C=O) groups is 1. The molecule has 0 spiro atoms. The van der Waals surface area contributed by atoms with E-state index in [1.54, 1.807) is 23.8 Å². The first-order valence-electron chi connectivity index (χ1n) is 11.7. The fourth-order valence-corrected chi connectivity index (χ4v) is 4.75. The lowest BCUT2D eigenvalue weighted by atomic mass is 9.98. The predicted octanol–water partition coefficient (Wildman–Crippen LogP) is 4.96. The van der Waals surface area contributed by atoms with Crippen LogP contribution in [-0.2, 0) is 12.7 Å². The van der Waals surface area contributed by atoms with Crippen LogP contribution in [0.5, 0.6) is 0 Å². The number of fused-ring (bicyclic) bond motifs is 3. The van der Waals surface area contributed by atoms with Crippen molar-refractivity contribution in [1.29, 1.82) is 0 Å². The Morgan fingerprint density at radius 2 is 2.00 bits per heavy atom. The smallest absolute Gasteiger partial charge is 0.369 e. The molecule has 2 N–H and O–H groups in total. The van der Waals surface area contributed by atoms with Crippen LogP contribution < -0.4 is 16.3 Å². The van der Waals surface area contributed by atoms with Crippen molar-refractivity contribution in [3.63, 3.8) is 0 Å². The van der Waals surface area contributed by atoms with Crippen LogP contribution in [-0.4, -0.2) is 42.2 Å². The molecule has 204 valence electrons. The van der Waals surface area contributed by atoms with Gasteiger partial charge in [-0.1, -0.05) is 17.4 Å². The van der Waals surface area contributed by atoms with Crippen LogP contribution in [0.25, 0.3) is 22.5 Å². The molecule has 2 aromatic heterocycles. The van der Waals surface area contributed by atoms with Crippen molar-refractivity contribution in [1.82, 2.24) is 29.7 Å². The second-order valence-corrected chi connectivity index (χ2v) is 9.49. The van der Waals surface area contributed by atoms with Crippen molar-refractivity contribution in [2.45, 2.75) is 19.6 Å². The Bertz CT molecular complexity index is 1760. The Labute approximate surface area is 234 Å². The highest BCUT2D eigenvalue weighted by molar-refractivity contribution is 7.13. The van der Waals surface area contributed by atoms with Crippen molar-refractivity contribution in [3.05, 3.63) is 76.7 Å². The number of aryl methyl sites for hydroxylation is 1. The van der Waals surface area contributed by atoms with Crippen molar-refractivity contribution in [3.8, 4) is 22.5 Å². The minimum Gasteiger partial charge on any atom is -0.369 e. The lowest BCUT2D eigenvalue weighted by Gasteiger charge is -2.19. The second kappa shape index (κ2) is 10.6. The molecule has 3 aliphatic heterocycles. The monoisotopic (exact) mass is 585 g/mol. The Kier molecular flexibility index (Phi) is 7.21. The van der Waals surface area contributed by atoms with Crippen LogP contribution in [0.2, 0.25) is 0 Å². The molecule has 3 aliphatic rings. The van der Waals surface area contributed by atoms with Gasteiger partial charge in [-0.15, -0.1) is 22.6 Å². The van der Waals surface area contributed by atoms with Gasteiger partial charge in [-0.25, -0.2) is 4.98 Å². The minimum atomic E-state index is -4.58. The van der Waals surface area contributed by atoms with Gasteiger partial charge >= 0.3 is 6.18 Å². The molecular weight excluding hydrogens is 567 g/mol. The standard InChI is InChI=1S/C25H18F3N9OS.ClH/c1-13-2-3-16(33-22(38)19-9-15(4-5-29-19)25(26,27)28)10-17(13)18-8-14-11-31-23(35-24-36-32-12-39-24)34-20(14)37-7-6-30-21(18)37;/h2-5,8-12,30H,6-7H2,1H3,(H,33,38);1H. The SMILES string of the molecule is Cc1ccc(NC(=O)c2cc(C(F)(F)F)ccn2)cc1-c1cc2cnc(=Nc3nncs3)nc-2n2c1NCC2.Cl. The Hall–Kier alpha value is -4.43. The van der Waals surface area contributed by atoms with E-state index in [1.165, 1.54) is 11.3 Å². The van der Waals surface area contributed by atoms with E-state index in [0.29, 0.717) is 29.7 Å². The lowest BCUT2D eigenvalue weighted by molar-refractivity contribution is -0.137. The van der Waals surface area contributed by atoms with E-state index >= 15 is 0 Å². The van der Waals surface area contributed by atoms with E-state index < -0.39 is 17.6 Å². The third-order valence-corrected chi connectivity index (χ3v) is 6.72. The molecule has 15 heteroatoms. The summed E-state index contributed by atoms with van der Waals surface area (Å²) in [6.07, 6.45) is -1.92. The number of hydrogen-bond acceptors (Lipinski definition) is 9. The summed E-state index contributed by atoms with van der Waals surface area (Å²) in [6, 6.07) is 8.81. The maximum absolute atomic E-state index is 13.1. The number of nitrogens with one attached hydrogen (secondary N) is 2. The zero-order valence-electron chi connectivity index (χ0n) is 20.6. The van der Waals surface area contributed by atoms with Gasteiger partial charge in [-0.2, -0.15) is 23.1 Å². The molecule has 10 nitrogen and oxygen atoms in total. The van der Waals surface area contributed by atoms with Crippen LogP contribution >= 0.6 is 23.7 Å². The molecule has 40 heavy (non-hydrogen) atoms. The third kappa shape index (κ3) is 5.22. The number of carbonyl (C=O) groups excluding carboxylic acids is 1. The first-order valence-corrected chi connectivity index (χ1v) is 12.6. The number of nitrogens with zero attached hydrogens (tertiary/aromatic N) is 7. The van der Waals surface area contributed by atoms with Crippen molar-refractivity contribution >= 4 is 46.3 Å². The average Bonchev–Trinajstić information content (AvgIpc) is 3.62. The topological polar surface area (TPSA) is 123 Å². The van der Waals surface area contributed by atoms with Crippen molar-refractivity contribution in [2.75, 3.05) is 17.2 Å². The Morgan fingerprint density at radius 3 is 2.77 bits per heavy atom. The van der Waals surface area contributed by atoms with Gasteiger partial charge in [0, 0.05) is 42.3 Å².